The van der Waals surface area contributed by atoms with Crippen LogP contribution in [0.15, 0.2) is 18.2 Å². The molecule has 0 spiro atoms. The highest BCUT2D eigenvalue weighted by atomic mass is 19.1. The van der Waals surface area contributed by atoms with E-state index in [2.05, 4.69) is 5.48 Å². The van der Waals surface area contributed by atoms with Gasteiger partial charge >= 0.3 is 0 Å². The van der Waals surface area contributed by atoms with E-state index in [1.54, 1.807) is 19.2 Å². The summed E-state index contributed by atoms with van der Waals surface area (Å²) in [5.74, 6) is 0.179. The van der Waals surface area contributed by atoms with Gasteiger partial charge in [0.05, 0.1) is 26.4 Å². The lowest BCUT2D eigenvalue weighted by atomic mass is 10.1. The standard InChI is InChI=1S/C12H18FNO3/c1-9(14-17-7-6-15-2)11-5-4-10(16-3)8-12(11)13/h4-5,8-9,14H,6-7H2,1-3H3. The molecule has 0 bridgehead atoms. The predicted molar refractivity (Wildman–Crippen MR) is 62.3 cm³/mol. The maximum atomic E-state index is 13.7. The van der Waals surface area contributed by atoms with Gasteiger partial charge in [-0.15, -0.1) is 0 Å². The van der Waals surface area contributed by atoms with Crippen LogP contribution in [0.2, 0.25) is 0 Å². The van der Waals surface area contributed by atoms with Crippen molar-refractivity contribution in [3.05, 3.63) is 29.6 Å². The van der Waals surface area contributed by atoms with E-state index >= 15 is 0 Å². The number of hydroxylamine groups is 1. The van der Waals surface area contributed by atoms with Gasteiger partial charge in [0.2, 0.25) is 0 Å². The van der Waals surface area contributed by atoms with Crippen LogP contribution < -0.4 is 10.2 Å². The van der Waals surface area contributed by atoms with Crippen molar-refractivity contribution < 1.29 is 18.7 Å². The number of ether oxygens (including phenoxy) is 2. The highest BCUT2D eigenvalue weighted by Crippen LogP contribution is 2.21. The number of halogens is 1. The molecule has 0 saturated heterocycles. The predicted octanol–water partition coefficient (Wildman–Crippen LogP) is 2.06. The van der Waals surface area contributed by atoms with Gasteiger partial charge in [0.15, 0.2) is 0 Å². The highest BCUT2D eigenvalue weighted by molar-refractivity contribution is 5.30. The van der Waals surface area contributed by atoms with Crippen LogP contribution in [0.5, 0.6) is 5.75 Å². The largest absolute Gasteiger partial charge is 0.497 e. The average molecular weight is 243 g/mol. The summed E-state index contributed by atoms with van der Waals surface area (Å²) >= 11 is 0. The number of benzene rings is 1. The summed E-state index contributed by atoms with van der Waals surface area (Å²) in [4.78, 5) is 5.13. The number of methoxy groups -OCH3 is 2. The van der Waals surface area contributed by atoms with Crippen molar-refractivity contribution in [3.63, 3.8) is 0 Å². The van der Waals surface area contributed by atoms with E-state index in [0.717, 1.165) is 0 Å². The monoisotopic (exact) mass is 243 g/mol. The summed E-state index contributed by atoms with van der Waals surface area (Å²) in [7, 11) is 3.10. The summed E-state index contributed by atoms with van der Waals surface area (Å²) in [6, 6.07) is 4.50. The molecule has 1 aromatic carbocycles. The Kier molecular flexibility index (Phi) is 5.90. The topological polar surface area (TPSA) is 39.7 Å². The lowest BCUT2D eigenvalue weighted by molar-refractivity contribution is -0.00978. The van der Waals surface area contributed by atoms with E-state index in [1.807, 2.05) is 6.92 Å². The molecule has 17 heavy (non-hydrogen) atoms. The normalized spacial score (nSPS) is 12.5. The van der Waals surface area contributed by atoms with Gasteiger partial charge in [-0.3, -0.25) is 4.84 Å². The Morgan fingerprint density at radius 1 is 1.29 bits per heavy atom. The Bertz CT molecular complexity index is 347. The zero-order valence-corrected chi connectivity index (χ0v) is 10.3. The first-order valence-corrected chi connectivity index (χ1v) is 5.38. The zero-order chi connectivity index (χ0) is 12.7. The summed E-state index contributed by atoms with van der Waals surface area (Å²) in [5.41, 5.74) is 3.28. The van der Waals surface area contributed by atoms with Crippen molar-refractivity contribution >= 4 is 0 Å². The third-order valence-electron chi connectivity index (χ3n) is 2.32. The van der Waals surface area contributed by atoms with Crippen molar-refractivity contribution in [3.8, 4) is 5.75 Å². The molecule has 1 rings (SSSR count). The molecule has 0 aromatic heterocycles. The fourth-order valence-electron chi connectivity index (χ4n) is 1.36. The third kappa shape index (κ3) is 4.30. The fraction of sp³-hybridized carbons (Fsp3) is 0.500. The second-order valence-electron chi connectivity index (χ2n) is 3.57. The maximum absolute atomic E-state index is 13.7. The molecule has 0 radical (unpaired) electrons. The Balaban J connectivity index is 2.53. The summed E-state index contributed by atoms with van der Waals surface area (Å²) in [5, 5.41) is 0. The SMILES string of the molecule is COCCONC(C)c1ccc(OC)cc1F. The molecule has 1 atom stereocenters. The number of hydrogen-bond donors (Lipinski definition) is 1. The zero-order valence-electron chi connectivity index (χ0n) is 10.3. The smallest absolute Gasteiger partial charge is 0.131 e. The van der Waals surface area contributed by atoms with E-state index < -0.39 is 0 Å². The molecule has 0 fully saturated rings. The van der Waals surface area contributed by atoms with Gasteiger partial charge in [-0.2, -0.15) is 5.48 Å². The number of nitrogens with one attached hydrogen (secondary N) is 1. The van der Waals surface area contributed by atoms with Crippen LogP contribution >= 0.6 is 0 Å². The van der Waals surface area contributed by atoms with Crippen LogP contribution in [0, 0.1) is 5.82 Å². The first-order chi connectivity index (χ1) is 8.19. The Labute approximate surface area is 101 Å². The van der Waals surface area contributed by atoms with E-state index in [1.165, 1.54) is 13.2 Å². The molecule has 0 heterocycles. The maximum Gasteiger partial charge on any atom is 0.131 e. The molecule has 0 aliphatic heterocycles. The Hall–Kier alpha value is -1.17. The van der Waals surface area contributed by atoms with Crippen molar-refractivity contribution in [1.82, 2.24) is 5.48 Å². The minimum atomic E-state index is -0.320. The average Bonchev–Trinajstić information content (AvgIpc) is 2.34. The minimum Gasteiger partial charge on any atom is -0.497 e. The summed E-state index contributed by atoms with van der Waals surface area (Å²) in [6.07, 6.45) is 0. The van der Waals surface area contributed by atoms with Crippen molar-refractivity contribution in [2.24, 2.45) is 0 Å². The fourth-order valence-corrected chi connectivity index (χ4v) is 1.36. The van der Waals surface area contributed by atoms with Crippen LogP contribution in [-0.2, 0) is 9.57 Å². The quantitative estimate of drug-likeness (QED) is 0.588. The Morgan fingerprint density at radius 3 is 2.65 bits per heavy atom. The van der Waals surface area contributed by atoms with Gasteiger partial charge in [0, 0.05) is 18.7 Å². The van der Waals surface area contributed by atoms with Crippen molar-refractivity contribution in [2.75, 3.05) is 27.4 Å². The van der Waals surface area contributed by atoms with Crippen LogP contribution in [0.25, 0.3) is 0 Å². The van der Waals surface area contributed by atoms with Gasteiger partial charge in [0.25, 0.3) is 0 Å². The molecule has 0 aliphatic rings. The lowest BCUT2D eigenvalue weighted by Crippen LogP contribution is -2.22. The molecule has 1 aromatic rings. The molecule has 0 saturated carbocycles. The van der Waals surface area contributed by atoms with Crippen LogP contribution in [0.3, 0.4) is 0 Å². The molecular formula is C12H18FNO3. The molecule has 1 N–H and O–H groups in total. The second kappa shape index (κ2) is 7.21. The molecular weight excluding hydrogens is 225 g/mol. The van der Waals surface area contributed by atoms with Crippen molar-refractivity contribution in [1.29, 1.82) is 0 Å². The second-order valence-corrected chi connectivity index (χ2v) is 3.57. The molecule has 0 amide bonds. The van der Waals surface area contributed by atoms with Crippen LogP contribution in [0.4, 0.5) is 4.39 Å². The molecule has 4 nitrogen and oxygen atoms in total. The van der Waals surface area contributed by atoms with E-state index in [9.17, 15) is 4.39 Å². The Morgan fingerprint density at radius 2 is 2.06 bits per heavy atom. The molecule has 1 unspecified atom stereocenters. The molecule has 96 valence electrons. The summed E-state index contributed by atoms with van der Waals surface area (Å²) in [6.45, 7) is 2.72. The number of rotatable bonds is 7. The van der Waals surface area contributed by atoms with Gasteiger partial charge in [-0.1, -0.05) is 6.07 Å². The third-order valence-corrected chi connectivity index (χ3v) is 2.32. The first-order valence-electron chi connectivity index (χ1n) is 5.38. The molecule has 5 heteroatoms. The lowest BCUT2D eigenvalue weighted by Gasteiger charge is -2.15. The first kappa shape index (κ1) is 13.9. The van der Waals surface area contributed by atoms with Crippen LogP contribution in [-0.4, -0.2) is 27.4 Å². The van der Waals surface area contributed by atoms with Crippen molar-refractivity contribution in [2.45, 2.75) is 13.0 Å². The van der Waals surface area contributed by atoms with Gasteiger partial charge < -0.3 is 9.47 Å². The van der Waals surface area contributed by atoms with Crippen LogP contribution in [0.1, 0.15) is 18.5 Å². The highest BCUT2D eigenvalue weighted by Gasteiger charge is 2.11. The van der Waals surface area contributed by atoms with E-state index in [-0.39, 0.29) is 11.9 Å². The van der Waals surface area contributed by atoms with E-state index in [4.69, 9.17) is 14.3 Å². The van der Waals surface area contributed by atoms with E-state index in [0.29, 0.717) is 24.5 Å². The molecule has 0 aliphatic carbocycles. The minimum absolute atomic E-state index is 0.238. The van der Waals surface area contributed by atoms with Gasteiger partial charge in [0.1, 0.15) is 11.6 Å². The van der Waals surface area contributed by atoms with Gasteiger partial charge in [-0.25, -0.2) is 4.39 Å². The number of hydrogen-bond acceptors (Lipinski definition) is 4. The van der Waals surface area contributed by atoms with Gasteiger partial charge in [-0.05, 0) is 13.0 Å². The summed E-state index contributed by atoms with van der Waals surface area (Å²) < 4.78 is 23.4.